The highest BCUT2D eigenvalue weighted by Crippen LogP contribution is 2.01. The van der Waals surface area contributed by atoms with Crippen molar-refractivity contribution >= 4 is 5.91 Å². The summed E-state index contributed by atoms with van der Waals surface area (Å²) in [5.41, 5.74) is 0. The van der Waals surface area contributed by atoms with Gasteiger partial charge in [-0.05, 0) is 6.42 Å². The largest absolute Gasteiger partial charge is 0.385 e. The van der Waals surface area contributed by atoms with Crippen LogP contribution in [-0.4, -0.2) is 63.8 Å². The average molecular weight is 243 g/mol. The molecule has 5 nitrogen and oxygen atoms in total. The Bertz CT molecular complexity index is 218. The van der Waals surface area contributed by atoms with Gasteiger partial charge in [0.1, 0.15) is 0 Å². The van der Waals surface area contributed by atoms with Gasteiger partial charge in [0.2, 0.25) is 5.91 Å². The van der Waals surface area contributed by atoms with E-state index in [0.29, 0.717) is 13.2 Å². The monoisotopic (exact) mass is 243 g/mol. The maximum atomic E-state index is 11.8. The van der Waals surface area contributed by atoms with Crippen molar-refractivity contribution in [1.82, 2.24) is 15.5 Å². The quantitative estimate of drug-likeness (QED) is 0.602. The molecule has 0 aliphatic carbocycles. The number of amides is 1. The lowest BCUT2D eigenvalue weighted by atomic mass is 10.1. The van der Waals surface area contributed by atoms with E-state index < -0.39 is 0 Å². The van der Waals surface area contributed by atoms with E-state index >= 15 is 0 Å². The molecule has 1 fully saturated rings. The van der Waals surface area contributed by atoms with E-state index in [9.17, 15) is 4.79 Å². The molecule has 5 heteroatoms. The molecular formula is C12H25N3O2. The number of carbonyl (C=O) groups is 1. The van der Waals surface area contributed by atoms with E-state index in [-0.39, 0.29) is 11.8 Å². The summed E-state index contributed by atoms with van der Waals surface area (Å²) in [5, 5.41) is 6.25. The summed E-state index contributed by atoms with van der Waals surface area (Å²) < 4.78 is 4.94. The van der Waals surface area contributed by atoms with Crippen LogP contribution in [0.1, 0.15) is 13.3 Å². The molecule has 0 saturated carbocycles. The van der Waals surface area contributed by atoms with Crippen LogP contribution in [-0.2, 0) is 9.53 Å². The first-order chi connectivity index (χ1) is 8.24. The molecule has 0 aromatic rings. The lowest BCUT2D eigenvalue weighted by molar-refractivity contribution is -0.125. The number of nitrogens with zero attached hydrogens (tertiary/aromatic N) is 1. The molecule has 1 saturated heterocycles. The maximum absolute atomic E-state index is 11.8. The first-order valence-electron chi connectivity index (χ1n) is 6.43. The smallest absolute Gasteiger partial charge is 0.224 e. The summed E-state index contributed by atoms with van der Waals surface area (Å²) in [6, 6.07) is 0. The Morgan fingerprint density at radius 2 is 2.18 bits per heavy atom. The van der Waals surface area contributed by atoms with Crippen molar-refractivity contribution in [2.45, 2.75) is 13.3 Å². The summed E-state index contributed by atoms with van der Waals surface area (Å²) in [4.78, 5) is 14.1. The van der Waals surface area contributed by atoms with Crippen molar-refractivity contribution in [2.24, 2.45) is 5.92 Å². The minimum absolute atomic E-state index is 0.0654. The molecule has 1 amide bonds. The Hall–Kier alpha value is -0.650. The van der Waals surface area contributed by atoms with Gasteiger partial charge in [-0.1, -0.05) is 6.92 Å². The number of methoxy groups -OCH3 is 1. The van der Waals surface area contributed by atoms with Crippen molar-refractivity contribution in [3.05, 3.63) is 0 Å². The van der Waals surface area contributed by atoms with Crippen molar-refractivity contribution in [3.8, 4) is 0 Å². The summed E-state index contributed by atoms with van der Waals surface area (Å²) in [6.45, 7) is 8.41. The first-order valence-corrected chi connectivity index (χ1v) is 6.43. The molecule has 0 aromatic heterocycles. The third-order valence-corrected chi connectivity index (χ3v) is 3.01. The lowest BCUT2D eigenvalue weighted by Gasteiger charge is -2.29. The van der Waals surface area contributed by atoms with Gasteiger partial charge >= 0.3 is 0 Å². The fourth-order valence-electron chi connectivity index (χ4n) is 1.97. The van der Waals surface area contributed by atoms with Gasteiger partial charge in [-0.2, -0.15) is 0 Å². The number of nitrogens with one attached hydrogen (secondary N) is 2. The van der Waals surface area contributed by atoms with Gasteiger partial charge in [-0.3, -0.25) is 4.79 Å². The van der Waals surface area contributed by atoms with Crippen LogP contribution in [0.4, 0.5) is 0 Å². The Morgan fingerprint density at radius 3 is 2.82 bits per heavy atom. The minimum Gasteiger partial charge on any atom is -0.385 e. The summed E-state index contributed by atoms with van der Waals surface area (Å²) in [5.74, 6) is 0.218. The molecule has 1 atom stereocenters. The molecule has 1 heterocycles. The number of carbonyl (C=O) groups excluding carboxylic acids is 1. The standard InChI is InChI=1S/C12H25N3O2/c1-11(10-15-7-5-13-6-8-15)12(16)14-4-3-9-17-2/h11,13H,3-10H2,1-2H3,(H,14,16). The van der Waals surface area contributed by atoms with Crippen molar-refractivity contribution < 1.29 is 9.53 Å². The fraction of sp³-hybridized carbons (Fsp3) is 0.917. The molecule has 0 radical (unpaired) electrons. The van der Waals surface area contributed by atoms with Gasteiger partial charge < -0.3 is 20.3 Å². The molecule has 0 aromatic carbocycles. The van der Waals surface area contributed by atoms with Gasteiger partial charge in [0.25, 0.3) is 0 Å². The Balaban J connectivity index is 2.12. The van der Waals surface area contributed by atoms with Crippen LogP contribution in [0.2, 0.25) is 0 Å². The van der Waals surface area contributed by atoms with Crippen LogP contribution in [0.3, 0.4) is 0 Å². The zero-order valence-electron chi connectivity index (χ0n) is 11.0. The number of rotatable bonds is 7. The van der Waals surface area contributed by atoms with E-state index in [1.54, 1.807) is 7.11 Å². The number of piperazine rings is 1. The van der Waals surface area contributed by atoms with Gasteiger partial charge in [-0.25, -0.2) is 0 Å². The van der Waals surface area contributed by atoms with Gasteiger partial charge in [0, 0.05) is 58.9 Å². The second kappa shape index (κ2) is 8.44. The van der Waals surface area contributed by atoms with Crippen LogP contribution in [0, 0.1) is 5.92 Å². The van der Waals surface area contributed by atoms with Gasteiger partial charge in [0.05, 0.1) is 0 Å². The molecule has 1 rings (SSSR count). The van der Waals surface area contributed by atoms with Crippen molar-refractivity contribution in [2.75, 3.05) is 53.0 Å². The predicted molar refractivity (Wildman–Crippen MR) is 68.0 cm³/mol. The highest BCUT2D eigenvalue weighted by Gasteiger charge is 2.17. The van der Waals surface area contributed by atoms with Gasteiger partial charge in [0.15, 0.2) is 0 Å². The van der Waals surface area contributed by atoms with E-state index in [1.807, 2.05) is 6.92 Å². The zero-order chi connectivity index (χ0) is 12.5. The maximum Gasteiger partial charge on any atom is 0.224 e. The molecule has 0 spiro atoms. The number of ether oxygens (including phenoxy) is 1. The molecule has 1 unspecified atom stereocenters. The van der Waals surface area contributed by atoms with Crippen LogP contribution < -0.4 is 10.6 Å². The van der Waals surface area contributed by atoms with Crippen LogP contribution in [0.5, 0.6) is 0 Å². The van der Waals surface area contributed by atoms with E-state index in [4.69, 9.17) is 4.74 Å². The first kappa shape index (κ1) is 14.4. The molecule has 1 aliphatic rings. The summed E-state index contributed by atoms with van der Waals surface area (Å²) >= 11 is 0. The third-order valence-electron chi connectivity index (χ3n) is 3.01. The van der Waals surface area contributed by atoms with Crippen LogP contribution in [0.15, 0.2) is 0 Å². The molecule has 2 N–H and O–H groups in total. The molecule has 100 valence electrons. The highest BCUT2D eigenvalue weighted by atomic mass is 16.5. The Labute approximate surface area is 104 Å². The van der Waals surface area contributed by atoms with Crippen molar-refractivity contribution in [1.29, 1.82) is 0 Å². The second-order valence-corrected chi connectivity index (χ2v) is 4.59. The Morgan fingerprint density at radius 1 is 1.47 bits per heavy atom. The minimum atomic E-state index is 0.0654. The molecule has 0 bridgehead atoms. The predicted octanol–water partition coefficient (Wildman–Crippen LogP) is -0.320. The topological polar surface area (TPSA) is 53.6 Å². The van der Waals surface area contributed by atoms with E-state index in [0.717, 1.165) is 39.1 Å². The molecular weight excluding hydrogens is 218 g/mol. The van der Waals surface area contributed by atoms with E-state index in [1.165, 1.54) is 0 Å². The van der Waals surface area contributed by atoms with Crippen molar-refractivity contribution in [3.63, 3.8) is 0 Å². The summed E-state index contributed by atoms with van der Waals surface area (Å²) in [6.07, 6.45) is 0.878. The fourth-order valence-corrected chi connectivity index (χ4v) is 1.97. The lowest BCUT2D eigenvalue weighted by Crippen LogP contribution is -2.47. The third kappa shape index (κ3) is 6.00. The normalized spacial score (nSPS) is 18.9. The molecule has 1 aliphatic heterocycles. The van der Waals surface area contributed by atoms with Crippen LogP contribution in [0.25, 0.3) is 0 Å². The van der Waals surface area contributed by atoms with E-state index in [2.05, 4.69) is 15.5 Å². The highest BCUT2D eigenvalue weighted by molar-refractivity contribution is 5.78. The van der Waals surface area contributed by atoms with Crippen LogP contribution >= 0.6 is 0 Å². The number of hydrogen-bond donors (Lipinski definition) is 2. The summed E-state index contributed by atoms with van der Waals surface area (Å²) in [7, 11) is 1.68. The zero-order valence-corrected chi connectivity index (χ0v) is 11.0. The van der Waals surface area contributed by atoms with Gasteiger partial charge in [-0.15, -0.1) is 0 Å². The Kier molecular flexibility index (Phi) is 7.16. The average Bonchev–Trinajstić information content (AvgIpc) is 2.35. The second-order valence-electron chi connectivity index (χ2n) is 4.59. The number of hydrogen-bond acceptors (Lipinski definition) is 4. The molecule has 17 heavy (non-hydrogen) atoms. The SMILES string of the molecule is COCCCNC(=O)C(C)CN1CCNCC1.